The molecule has 14 nitrogen and oxygen atoms in total. The van der Waals surface area contributed by atoms with Crippen LogP contribution in [0.1, 0.15) is 38.3 Å². The second kappa shape index (κ2) is 19.8. The summed E-state index contributed by atoms with van der Waals surface area (Å²) in [7, 11) is 1.22. The lowest BCUT2D eigenvalue weighted by Gasteiger charge is -2.23. The summed E-state index contributed by atoms with van der Waals surface area (Å²) in [5, 5.41) is 22.2. The molecule has 0 aliphatic carbocycles. The number of thioether (sulfide) groups is 1. The summed E-state index contributed by atoms with van der Waals surface area (Å²) in [5.41, 5.74) is 0.564. The number of hydrogen-bond donors (Lipinski definition) is 6. The molecule has 48 heavy (non-hydrogen) atoms. The van der Waals surface area contributed by atoms with Crippen LogP contribution < -0.4 is 26.6 Å². The van der Waals surface area contributed by atoms with Gasteiger partial charge in [-0.15, -0.1) is 0 Å². The van der Waals surface area contributed by atoms with Crippen LogP contribution in [0.2, 0.25) is 0 Å². The maximum atomic E-state index is 13.2. The Balaban J connectivity index is 2.01. The fraction of sp³-hybridized carbons (Fsp3) is 0.455. The summed E-state index contributed by atoms with van der Waals surface area (Å²) in [6.07, 6.45) is 1.51. The molecule has 0 aliphatic heterocycles. The lowest BCUT2D eigenvalue weighted by molar-refractivity contribution is -0.145. The topological polar surface area (TPSA) is 201 Å². The molecule has 0 radical (unpaired) electrons. The molecule has 0 aromatic heterocycles. The Morgan fingerprint density at radius 3 is 1.92 bits per heavy atom. The van der Waals surface area contributed by atoms with Crippen LogP contribution in [0, 0.1) is 0 Å². The van der Waals surface area contributed by atoms with Crippen LogP contribution in [-0.4, -0.2) is 96.7 Å². The third kappa shape index (κ3) is 15.2. The quantitative estimate of drug-likeness (QED) is 0.131. The molecule has 0 fully saturated rings. The molecule has 0 heterocycles. The van der Waals surface area contributed by atoms with Gasteiger partial charge in [0.2, 0.25) is 23.6 Å². The molecule has 0 bridgehead atoms. The van der Waals surface area contributed by atoms with Crippen LogP contribution >= 0.6 is 11.8 Å². The first-order valence-electron chi connectivity index (χ1n) is 15.2. The van der Waals surface area contributed by atoms with E-state index in [-0.39, 0.29) is 18.6 Å². The molecule has 0 saturated heterocycles. The van der Waals surface area contributed by atoms with Crippen molar-refractivity contribution in [3.63, 3.8) is 0 Å². The molecule has 0 aliphatic rings. The average molecular weight is 688 g/mol. The zero-order valence-corrected chi connectivity index (χ0v) is 28.6. The maximum absolute atomic E-state index is 13.2. The minimum atomic E-state index is -1.12. The van der Waals surface area contributed by atoms with Gasteiger partial charge in [0.05, 0.1) is 20.2 Å². The highest BCUT2D eigenvalue weighted by Crippen LogP contribution is 2.13. The zero-order chi connectivity index (χ0) is 35.7. The van der Waals surface area contributed by atoms with Crippen molar-refractivity contribution in [1.82, 2.24) is 26.6 Å². The normalized spacial score (nSPS) is 12.8. The van der Waals surface area contributed by atoms with Crippen molar-refractivity contribution < 1.29 is 43.3 Å². The second-order valence-corrected chi connectivity index (χ2v) is 12.7. The fourth-order valence-electron chi connectivity index (χ4n) is 4.26. The van der Waals surface area contributed by atoms with Crippen LogP contribution in [0.15, 0.2) is 54.6 Å². The first-order valence-corrected chi connectivity index (χ1v) is 16.6. The minimum Gasteiger partial charge on any atom is -0.508 e. The summed E-state index contributed by atoms with van der Waals surface area (Å²) in [6, 6.07) is 11.9. The van der Waals surface area contributed by atoms with E-state index in [0.717, 1.165) is 5.56 Å². The highest BCUT2D eigenvalue weighted by atomic mass is 32.2. The van der Waals surface area contributed by atoms with Gasteiger partial charge in [-0.2, -0.15) is 11.8 Å². The molecule has 15 heteroatoms. The zero-order valence-electron chi connectivity index (χ0n) is 27.8. The van der Waals surface area contributed by atoms with E-state index < -0.39 is 72.5 Å². The van der Waals surface area contributed by atoms with E-state index in [1.54, 1.807) is 57.2 Å². The Morgan fingerprint density at radius 1 is 0.750 bits per heavy atom. The highest BCUT2D eigenvalue weighted by molar-refractivity contribution is 7.98. The molecule has 0 spiro atoms. The number of benzene rings is 2. The second-order valence-electron chi connectivity index (χ2n) is 11.7. The van der Waals surface area contributed by atoms with E-state index in [0.29, 0.717) is 17.7 Å². The van der Waals surface area contributed by atoms with Gasteiger partial charge in [0.15, 0.2) is 0 Å². The van der Waals surface area contributed by atoms with Crippen molar-refractivity contribution >= 4 is 47.5 Å². The SMILES string of the molecule is COC(=O)[C@H](CCSC)NC(=O)[C@H](Cc1ccccc1)NC(=O)CNC(=O)CNC(=O)[C@H](Cc1ccc(O)cc1)NC(=O)OC(C)(C)C. The van der Waals surface area contributed by atoms with E-state index in [1.807, 2.05) is 12.3 Å². The van der Waals surface area contributed by atoms with Crippen LogP contribution in [0.25, 0.3) is 0 Å². The van der Waals surface area contributed by atoms with Gasteiger partial charge in [-0.05, 0) is 62.5 Å². The molecular weight excluding hydrogens is 642 g/mol. The Bertz CT molecular complexity index is 1380. The van der Waals surface area contributed by atoms with Crippen LogP contribution in [0.5, 0.6) is 5.75 Å². The monoisotopic (exact) mass is 687 g/mol. The van der Waals surface area contributed by atoms with Gasteiger partial charge in [0.1, 0.15) is 29.5 Å². The van der Waals surface area contributed by atoms with Gasteiger partial charge in [-0.3, -0.25) is 19.2 Å². The van der Waals surface area contributed by atoms with Crippen molar-refractivity contribution in [3.05, 3.63) is 65.7 Å². The summed E-state index contributed by atoms with van der Waals surface area (Å²) >= 11 is 1.50. The lowest BCUT2D eigenvalue weighted by atomic mass is 10.0. The van der Waals surface area contributed by atoms with Crippen molar-refractivity contribution in [1.29, 1.82) is 0 Å². The standard InChI is InChI=1S/C33H45N5O9S/c1-33(2,3)47-32(45)38-25(18-22-11-13-23(39)14-12-22)29(42)35-19-27(40)34-20-28(41)36-26(17-21-9-7-6-8-10-21)30(43)37-24(15-16-48-5)31(44)46-4/h6-14,24-26,39H,15-20H2,1-5H3,(H,34,40)(H,35,42)(H,36,41)(H,37,43)(H,38,45)/t24-,25-,26-/m0/s1. The number of phenolic OH excluding ortho intramolecular Hbond substituents is 1. The molecular formula is C33H45N5O9S. The predicted molar refractivity (Wildman–Crippen MR) is 180 cm³/mol. The number of ether oxygens (including phenoxy) is 2. The summed E-state index contributed by atoms with van der Waals surface area (Å²) < 4.78 is 10.1. The van der Waals surface area contributed by atoms with Crippen molar-refractivity contribution in [2.24, 2.45) is 0 Å². The Kier molecular flexibility index (Phi) is 16.2. The molecule has 0 saturated carbocycles. The van der Waals surface area contributed by atoms with E-state index >= 15 is 0 Å². The third-order valence-electron chi connectivity index (χ3n) is 6.60. The van der Waals surface area contributed by atoms with Gasteiger partial charge in [0.25, 0.3) is 0 Å². The molecule has 262 valence electrons. The summed E-state index contributed by atoms with van der Waals surface area (Å²) in [4.78, 5) is 76.3. The van der Waals surface area contributed by atoms with Crippen LogP contribution in [0.4, 0.5) is 4.79 Å². The Morgan fingerprint density at radius 2 is 1.33 bits per heavy atom. The minimum absolute atomic E-state index is 0.0316. The smallest absolute Gasteiger partial charge is 0.408 e. The number of aromatic hydroxyl groups is 1. The molecule has 5 amide bonds. The first-order chi connectivity index (χ1) is 22.7. The summed E-state index contributed by atoms with van der Waals surface area (Å²) in [5.74, 6) is -2.65. The molecule has 2 aromatic carbocycles. The number of rotatable bonds is 17. The number of nitrogens with one attached hydrogen (secondary N) is 5. The summed E-state index contributed by atoms with van der Waals surface area (Å²) in [6.45, 7) is 3.99. The van der Waals surface area contributed by atoms with Crippen LogP contribution in [0.3, 0.4) is 0 Å². The Labute approximate surface area is 284 Å². The van der Waals surface area contributed by atoms with Gasteiger partial charge in [-0.25, -0.2) is 9.59 Å². The van der Waals surface area contributed by atoms with Gasteiger partial charge >= 0.3 is 12.1 Å². The largest absolute Gasteiger partial charge is 0.508 e. The number of amides is 5. The van der Waals surface area contributed by atoms with Crippen molar-refractivity contribution in [3.8, 4) is 5.75 Å². The van der Waals surface area contributed by atoms with Gasteiger partial charge in [0, 0.05) is 12.8 Å². The number of carbonyl (C=O) groups excluding carboxylic acids is 6. The van der Waals surface area contributed by atoms with Crippen molar-refractivity contribution in [2.75, 3.05) is 32.2 Å². The third-order valence-corrected chi connectivity index (χ3v) is 7.24. The number of methoxy groups -OCH3 is 1. The number of carbonyl (C=O) groups is 6. The van der Waals surface area contributed by atoms with Crippen LogP contribution in [-0.2, 0) is 46.3 Å². The van der Waals surface area contributed by atoms with Crippen molar-refractivity contribution in [2.45, 2.75) is 63.8 Å². The molecule has 0 unspecified atom stereocenters. The van der Waals surface area contributed by atoms with Gasteiger partial charge in [-0.1, -0.05) is 42.5 Å². The van der Waals surface area contributed by atoms with E-state index in [1.165, 1.54) is 31.0 Å². The molecule has 2 rings (SSSR count). The fourth-order valence-corrected chi connectivity index (χ4v) is 4.73. The molecule has 3 atom stereocenters. The molecule has 2 aromatic rings. The maximum Gasteiger partial charge on any atom is 0.408 e. The van der Waals surface area contributed by atoms with Gasteiger partial charge < -0.3 is 41.2 Å². The number of esters is 1. The predicted octanol–water partition coefficient (Wildman–Crippen LogP) is 1.20. The highest BCUT2D eigenvalue weighted by Gasteiger charge is 2.28. The Hall–Kier alpha value is -4.79. The van der Waals surface area contributed by atoms with E-state index in [4.69, 9.17) is 9.47 Å². The average Bonchev–Trinajstić information content (AvgIpc) is 3.04. The number of alkyl carbamates (subject to hydrolysis) is 1. The van der Waals surface area contributed by atoms with E-state index in [2.05, 4.69) is 26.6 Å². The number of hydrogen-bond acceptors (Lipinski definition) is 10. The molecule has 6 N–H and O–H groups in total. The van der Waals surface area contributed by atoms with E-state index in [9.17, 15) is 33.9 Å². The number of phenols is 1. The lowest BCUT2D eigenvalue weighted by Crippen LogP contribution is -2.54. The first kappa shape index (κ1) is 39.4.